The second kappa shape index (κ2) is 8.85. The Hall–Kier alpha value is -0.610. The fourth-order valence-electron chi connectivity index (χ4n) is 3.19. The summed E-state index contributed by atoms with van der Waals surface area (Å²) in [5.41, 5.74) is 0. The quantitative estimate of drug-likeness (QED) is 0.526. The van der Waals surface area contributed by atoms with Crippen molar-refractivity contribution in [3.8, 4) is 0 Å². The number of alkyl halides is 2. The summed E-state index contributed by atoms with van der Waals surface area (Å²) < 4.78 is 49.2. The number of piperidine rings is 1. The fourth-order valence-corrected chi connectivity index (χ4v) is 5.38. The number of thioether (sulfide) groups is 1. The van der Waals surface area contributed by atoms with Crippen LogP contribution < -0.4 is 10.6 Å². The molecule has 0 saturated carbocycles. The molecule has 2 rings (SSSR count). The summed E-state index contributed by atoms with van der Waals surface area (Å²) in [5.74, 6) is -1.15. The van der Waals surface area contributed by atoms with E-state index in [1.807, 2.05) is 11.8 Å². The number of aliphatic imine (C=N–C) groups is 1. The highest BCUT2D eigenvalue weighted by atomic mass is 32.2. The predicted molar refractivity (Wildman–Crippen MR) is 98.7 cm³/mol. The van der Waals surface area contributed by atoms with Gasteiger partial charge in [0.1, 0.15) is 0 Å². The molecule has 0 aromatic carbocycles. The molecule has 1 unspecified atom stereocenters. The van der Waals surface area contributed by atoms with Gasteiger partial charge in [-0.1, -0.05) is 0 Å². The van der Waals surface area contributed by atoms with E-state index in [-0.39, 0.29) is 23.8 Å². The highest BCUT2D eigenvalue weighted by molar-refractivity contribution is 8.00. The monoisotopic (exact) mass is 398 g/mol. The Morgan fingerprint density at radius 1 is 1.36 bits per heavy atom. The first-order valence-corrected chi connectivity index (χ1v) is 11.1. The Kier molecular flexibility index (Phi) is 7.33. The van der Waals surface area contributed by atoms with Gasteiger partial charge in [-0.05, 0) is 44.3 Å². The van der Waals surface area contributed by atoms with Crippen LogP contribution in [-0.2, 0) is 10.0 Å². The second-order valence-electron chi connectivity index (χ2n) is 6.86. The minimum atomic E-state index is -4.44. The minimum absolute atomic E-state index is 0.153. The van der Waals surface area contributed by atoms with Crippen molar-refractivity contribution in [2.24, 2.45) is 10.9 Å². The van der Waals surface area contributed by atoms with Crippen LogP contribution in [0.5, 0.6) is 0 Å². The van der Waals surface area contributed by atoms with Crippen molar-refractivity contribution in [2.75, 3.05) is 39.0 Å². The van der Waals surface area contributed by atoms with Crippen molar-refractivity contribution in [1.82, 2.24) is 14.9 Å². The van der Waals surface area contributed by atoms with Gasteiger partial charge in [0.25, 0.3) is 10.0 Å². The molecule has 2 aliphatic rings. The van der Waals surface area contributed by atoms with Crippen LogP contribution >= 0.6 is 11.8 Å². The molecule has 10 heteroatoms. The normalized spacial score (nSPS) is 27.0. The Bertz CT molecular complexity index is 558. The van der Waals surface area contributed by atoms with Gasteiger partial charge in [0.05, 0.1) is 0 Å². The molecular formula is C15H28F2N4O2S2. The lowest BCUT2D eigenvalue weighted by molar-refractivity contribution is 0.204. The number of nitrogens with one attached hydrogen (secondary N) is 2. The van der Waals surface area contributed by atoms with E-state index < -0.39 is 15.8 Å². The number of sulfonamides is 1. The van der Waals surface area contributed by atoms with Crippen LogP contribution in [0.25, 0.3) is 0 Å². The molecule has 0 radical (unpaired) electrons. The lowest BCUT2D eigenvalue weighted by atomic mass is 9.98. The maximum absolute atomic E-state index is 12.6. The number of rotatable bonds is 6. The van der Waals surface area contributed by atoms with E-state index in [1.165, 1.54) is 18.6 Å². The molecule has 6 nitrogen and oxygen atoms in total. The Morgan fingerprint density at radius 2 is 2.04 bits per heavy atom. The number of hydrogen-bond acceptors (Lipinski definition) is 4. The van der Waals surface area contributed by atoms with Gasteiger partial charge in [-0.3, -0.25) is 4.99 Å². The minimum Gasteiger partial charge on any atom is -0.356 e. The Balaban J connectivity index is 1.72. The zero-order valence-corrected chi connectivity index (χ0v) is 16.4. The van der Waals surface area contributed by atoms with Crippen LogP contribution in [0.1, 0.15) is 32.6 Å². The second-order valence-corrected chi connectivity index (χ2v) is 10.4. The van der Waals surface area contributed by atoms with Crippen molar-refractivity contribution in [3.63, 3.8) is 0 Å². The van der Waals surface area contributed by atoms with Gasteiger partial charge >= 0.3 is 5.76 Å². The number of guanidine groups is 1. The maximum atomic E-state index is 12.6. The molecule has 25 heavy (non-hydrogen) atoms. The van der Waals surface area contributed by atoms with E-state index in [0.29, 0.717) is 19.4 Å². The third-order valence-corrected chi connectivity index (χ3v) is 7.94. The molecule has 0 bridgehead atoms. The fraction of sp³-hybridized carbons (Fsp3) is 0.933. The van der Waals surface area contributed by atoms with Gasteiger partial charge in [-0.25, -0.2) is 8.42 Å². The number of halogens is 2. The third-order valence-electron chi connectivity index (χ3n) is 4.87. The van der Waals surface area contributed by atoms with Crippen molar-refractivity contribution in [3.05, 3.63) is 0 Å². The van der Waals surface area contributed by atoms with E-state index in [2.05, 4.69) is 22.5 Å². The topological polar surface area (TPSA) is 73.8 Å². The first kappa shape index (κ1) is 20.7. The van der Waals surface area contributed by atoms with Gasteiger partial charge in [0.2, 0.25) is 0 Å². The van der Waals surface area contributed by atoms with E-state index in [9.17, 15) is 17.2 Å². The van der Waals surface area contributed by atoms with Crippen LogP contribution in [0.2, 0.25) is 0 Å². The standard InChI is InChI=1S/C15H28F2N4O2S2/c1-15(6-3-9-24-15)11-20-14(18-2)19-10-12-4-7-21(8-5-12)25(22,23)13(16)17/h12-13H,3-11H2,1-2H3,(H2,18,19,20). The van der Waals surface area contributed by atoms with Crippen LogP contribution in [0.4, 0.5) is 8.78 Å². The Labute approximate surface area is 153 Å². The zero-order valence-electron chi connectivity index (χ0n) is 14.8. The van der Waals surface area contributed by atoms with E-state index in [0.717, 1.165) is 16.8 Å². The Morgan fingerprint density at radius 3 is 2.56 bits per heavy atom. The van der Waals surface area contributed by atoms with Gasteiger partial charge in [0, 0.05) is 38.0 Å². The van der Waals surface area contributed by atoms with E-state index in [1.54, 1.807) is 7.05 Å². The lowest BCUT2D eigenvalue weighted by Gasteiger charge is -2.31. The van der Waals surface area contributed by atoms with E-state index >= 15 is 0 Å². The summed E-state index contributed by atoms with van der Waals surface area (Å²) in [5, 5.41) is 6.62. The first-order chi connectivity index (χ1) is 11.8. The molecule has 146 valence electrons. The summed E-state index contributed by atoms with van der Waals surface area (Å²) in [6, 6.07) is 0. The van der Waals surface area contributed by atoms with Crippen molar-refractivity contribution < 1.29 is 17.2 Å². The van der Waals surface area contributed by atoms with Crippen molar-refractivity contribution in [2.45, 2.75) is 43.1 Å². The first-order valence-electron chi connectivity index (χ1n) is 8.62. The van der Waals surface area contributed by atoms with Crippen LogP contribution in [0.3, 0.4) is 0 Å². The molecule has 0 aromatic heterocycles. The molecule has 2 saturated heterocycles. The van der Waals surface area contributed by atoms with Gasteiger partial charge in [-0.2, -0.15) is 24.8 Å². The summed E-state index contributed by atoms with van der Waals surface area (Å²) in [6.45, 7) is 4.07. The smallest absolute Gasteiger partial charge is 0.350 e. The summed E-state index contributed by atoms with van der Waals surface area (Å²) in [6.07, 6.45) is 3.58. The average Bonchev–Trinajstić information content (AvgIpc) is 3.02. The number of hydrogen-bond donors (Lipinski definition) is 2. The molecule has 2 N–H and O–H groups in total. The van der Waals surface area contributed by atoms with E-state index in [4.69, 9.17) is 0 Å². The van der Waals surface area contributed by atoms with Gasteiger partial charge < -0.3 is 10.6 Å². The molecule has 0 aliphatic carbocycles. The molecule has 2 aliphatic heterocycles. The summed E-state index contributed by atoms with van der Waals surface area (Å²) in [4.78, 5) is 4.22. The molecule has 2 heterocycles. The van der Waals surface area contributed by atoms with Crippen molar-refractivity contribution >= 4 is 27.7 Å². The third kappa shape index (κ3) is 5.68. The zero-order chi connectivity index (χ0) is 18.5. The van der Waals surface area contributed by atoms with Gasteiger partial charge in [-0.15, -0.1) is 0 Å². The number of nitrogens with zero attached hydrogens (tertiary/aromatic N) is 2. The van der Waals surface area contributed by atoms with Crippen molar-refractivity contribution in [1.29, 1.82) is 0 Å². The predicted octanol–water partition coefficient (Wildman–Crippen LogP) is 1.70. The highest BCUT2D eigenvalue weighted by Gasteiger charge is 2.34. The molecule has 0 spiro atoms. The van der Waals surface area contributed by atoms with Crippen LogP contribution in [0.15, 0.2) is 4.99 Å². The largest absolute Gasteiger partial charge is 0.356 e. The SMILES string of the molecule is CN=C(NCC1CCN(S(=O)(=O)C(F)F)CC1)NCC1(C)CCCS1. The summed E-state index contributed by atoms with van der Waals surface area (Å²) >= 11 is 1.98. The van der Waals surface area contributed by atoms with Gasteiger partial charge in [0.15, 0.2) is 5.96 Å². The molecular weight excluding hydrogens is 370 g/mol. The molecule has 1 atom stereocenters. The average molecular weight is 399 g/mol. The molecule has 0 amide bonds. The molecule has 0 aromatic rings. The van der Waals surface area contributed by atoms with Crippen LogP contribution in [-0.4, -0.2) is 68.2 Å². The molecule has 2 fully saturated rings. The summed E-state index contributed by atoms with van der Waals surface area (Å²) in [7, 11) is -2.72. The lowest BCUT2D eigenvalue weighted by Crippen LogP contribution is -2.47. The van der Waals surface area contributed by atoms with Crippen LogP contribution in [0, 0.1) is 5.92 Å². The maximum Gasteiger partial charge on any atom is 0.350 e. The highest BCUT2D eigenvalue weighted by Crippen LogP contribution is 2.36.